The van der Waals surface area contributed by atoms with Gasteiger partial charge in [0.1, 0.15) is 12.1 Å². The van der Waals surface area contributed by atoms with Gasteiger partial charge in [0, 0.05) is 5.56 Å². The fraction of sp³-hybridized carbons (Fsp3) is 0.273. The Morgan fingerprint density at radius 3 is 2.94 bits per heavy atom. The van der Waals surface area contributed by atoms with E-state index in [-0.39, 0.29) is 5.82 Å². The summed E-state index contributed by atoms with van der Waals surface area (Å²) < 4.78 is 15.0. The molecule has 0 bridgehead atoms. The van der Waals surface area contributed by atoms with Crippen LogP contribution >= 0.6 is 0 Å². The van der Waals surface area contributed by atoms with E-state index in [0.717, 1.165) is 0 Å². The molecule has 16 heavy (non-hydrogen) atoms. The van der Waals surface area contributed by atoms with Crippen molar-refractivity contribution in [2.45, 2.75) is 13.1 Å². The van der Waals surface area contributed by atoms with Gasteiger partial charge >= 0.3 is 0 Å². The molecule has 2 aromatic rings. The molecule has 0 radical (unpaired) electrons. The Balaban J connectivity index is 2.11. The van der Waals surface area contributed by atoms with Gasteiger partial charge in [-0.3, -0.25) is 0 Å². The SMILES string of the molecule is CNCc1ncn(Cc2ccccc2F)n1. The van der Waals surface area contributed by atoms with Crippen LogP contribution in [0.25, 0.3) is 0 Å². The van der Waals surface area contributed by atoms with Crippen molar-refractivity contribution in [3.05, 3.63) is 47.8 Å². The van der Waals surface area contributed by atoms with Crippen LogP contribution in [0.3, 0.4) is 0 Å². The summed E-state index contributed by atoms with van der Waals surface area (Å²) in [7, 11) is 1.83. The molecule has 84 valence electrons. The molecular formula is C11H13FN4. The van der Waals surface area contributed by atoms with Crippen LogP contribution in [0.1, 0.15) is 11.4 Å². The molecule has 0 fully saturated rings. The van der Waals surface area contributed by atoms with E-state index >= 15 is 0 Å². The average Bonchev–Trinajstić information content (AvgIpc) is 2.70. The van der Waals surface area contributed by atoms with E-state index in [2.05, 4.69) is 15.4 Å². The Labute approximate surface area is 93.1 Å². The summed E-state index contributed by atoms with van der Waals surface area (Å²) in [6.45, 7) is 1.02. The van der Waals surface area contributed by atoms with Gasteiger partial charge in [0.15, 0.2) is 5.82 Å². The smallest absolute Gasteiger partial charge is 0.164 e. The first-order valence-corrected chi connectivity index (χ1v) is 5.06. The molecule has 0 saturated heterocycles. The minimum absolute atomic E-state index is 0.215. The normalized spacial score (nSPS) is 10.6. The molecule has 0 amide bonds. The fourth-order valence-corrected chi connectivity index (χ4v) is 1.45. The van der Waals surface area contributed by atoms with E-state index in [9.17, 15) is 4.39 Å². The first-order valence-electron chi connectivity index (χ1n) is 5.06. The molecular weight excluding hydrogens is 207 g/mol. The van der Waals surface area contributed by atoms with E-state index in [1.807, 2.05) is 13.1 Å². The van der Waals surface area contributed by atoms with E-state index in [1.165, 1.54) is 6.07 Å². The second-order valence-corrected chi connectivity index (χ2v) is 3.48. The Hall–Kier alpha value is -1.75. The molecule has 0 saturated carbocycles. The molecule has 0 aliphatic rings. The minimum Gasteiger partial charge on any atom is -0.313 e. The lowest BCUT2D eigenvalue weighted by Gasteiger charge is -2.01. The maximum absolute atomic E-state index is 13.4. The molecule has 1 N–H and O–H groups in total. The summed E-state index contributed by atoms with van der Waals surface area (Å²) in [5.74, 6) is 0.493. The van der Waals surface area contributed by atoms with Gasteiger partial charge < -0.3 is 5.32 Å². The lowest BCUT2D eigenvalue weighted by molar-refractivity contribution is 0.581. The van der Waals surface area contributed by atoms with Crippen LogP contribution in [0.5, 0.6) is 0 Å². The lowest BCUT2D eigenvalue weighted by Crippen LogP contribution is -2.08. The third-order valence-electron chi connectivity index (χ3n) is 2.21. The van der Waals surface area contributed by atoms with Crippen LogP contribution in [-0.4, -0.2) is 21.8 Å². The summed E-state index contributed by atoms with van der Waals surface area (Å²) in [6, 6.07) is 6.67. The number of hydrogen-bond donors (Lipinski definition) is 1. The minimum atomic E-state index is -0.215. The van der Waals surface area contributed by atoms with Gasteiger partial charge in [0.25, 0.3) is 0 Å². The quantitative estimate of drug-likeness (QED) is 0.841. The zero-order chi connectivity index (χ0) is 11.4. The van der Waals surface area contributed by atoms with Crippen molar-refractivity contribution in [1.29, 1.82) is 0 Å². The standard InChI is InChI=1S/C11H13FN4/c1-13-6-11-14-8-16(15-11)7-9-4-2-3-5-10(9)12/h2-5,8,13H,6-7H2,1H3. The van der Waals surface area contributed by atoms with E-state index in [1.54, 1.807) is 23.1 Å². The third kappa shape index (κ3) is 2.43. The molecule has 0 atom stereocenters. The highest BCUT2D eigenvalue weighted by molar-refractivity contribution is 5.17. The van der Waals surface area contributed by atoms with Gasteiger partial charge in [-0.25, -0.2) is 14.1 Å². The van der Waals surface area contributed by atoms with Gasteiger partial charge in [0.05, 0.1) is 13.1 Å². The van der Waals surface area contributed by atoms with E-state index in [4.69, 9.17) is 0 Å². The number of hydrogen-bond acceptors (Lipinski definition) is 3. The Kier molecular flexibility index (Phi) is 3.26. The van der Waals surface area contributed by atoms with E-state index < -0.39 is 0 Å². The predicted molar refractivity (Wildman–Crippen MR) is 58.3 cm³/mol. The topological polar surface area (TPSA) is 42.7 Å². The van der Waals surface area contributed by atoms with Crippen molar-refractivity contribution < 1.29 is 4.39 Å². The molecule has 5 heteroatoms. The number of nitrogens with zero attached hydrogens (tertiary/aromatic N) is 3. The summed E-state index contributed by atoms with van der Waals surface area (Å²) in [5, 5.41) is 7.17. The maximum Gasteiger partial charge on any atom is 0.164 e. The number of rotatable bonds is 4. The van der Waals surface area contributed by atoms with Crippen LogP contribution in [0.15, 0.2) is 30.6 Å². The van der Waals surface area contributed by atoms with Crippen molar-refractivity contribution in [3.8, 4) is 0 Å². The van der Waals surface area contributed by atoms with Gasteiger partial charge in [-0.15, -0.1) is 0 Å². The highest BCUT2D eigenvalue weighted by Gasteiger charge is 2.04. The summed E-state index contributed by atoms with van der Waals surface area (Å²) in [4.78, 5) is 4.10. The zero-order valence-electron chi connectivity index (χ0n) is 9.02. The maximum atomic E-state index is 13.4. The molecule has 0 aliphatic heterocycles. The highest BCUT2D eigenvalue weighted by atomic mass is 19.1. The van der Waals surface area contributed by atoms with Crippen LogP contribution in [0.4, 0.5) is 4.39 Å². The van der Waals surface area contributed by atoms with Crippen molar-refractivity contribution in [2.24, 2.45) is 0 Å². The molecule has 0 unspecified atom stereocenters. The van der Waals surface area contributed by atoms with Gasteiger partial charge in [-0.1, -0.05) is 18.2 Å². The monoisotopic (exact) mass is 220 g/mol. The van der Waals surface area contributed by atoms with Crippen molar-refractivity contribution in [1.82, 2.24) is 20.1 Å². The van der Waals surface area contributed by atoms with Crippen LogP contribution in [-0.2, 0) is 13.1 Å². The number of aromatic nitrogens is 3. The Morgan fingerprint density at radius 2 is 2.19 bits per heavy atom. The van der Waals surface area contributed by atoms with Crippen molar-refractivity contribution >= 4 is 0 Å². The molecule has 2 rings (SSSR count). The van der Waals surface area contributed by atoms with Crippen LogP contribution in [0, 0.1) is 5.82 Å². The van der Waals surface area contributed by atoms with E-state index in [0.29, 0.717) is 24.5 Å². The zero-order valence-corrected chi connectivity index (χ0v) is 9.02. The molecule has 1 aromatic heterocycles. The molecule has 1 aromatic carbocycles. The predicted octanol–water partition coefficient (Wildman–Crippen LogP) is 1.18. The number of benzene rings is 1. The van der Waals surface area contributed by atoms with Gasteiger partial charge in [-0.2, -0.15) is 5.10 Å². The van der Waals surface area contributed by atoms with Crippen molar-refractivity contribution in [3.63, 3.8) is 0 Å². The molecule has 0 spiro atoms. The van der Waals surface area contributed by atoms with Gasteiger partial charge in [0.2, 0.25) is 0 Å². The lowest BCUT2D eigenvalue weighted by atomic mass is 10.2. The Morgan fingerprint density at radius 1 is 1.38 bits per heavy atom. The fourth-order valence-electron chi connectivity index (χ4n) is 1.45. The van der Waals surface area contributed by atoms with Gasteiger partial charge in [-0.05, 0) is 13.1 Å². The second-order valence-electron chi connectivity index (χ2n) is 3.48. The highest BCUT2D eigenvalue weighted by Crippen LogP contribution is 2.07. The summed E-state index contributed by atoms with van der Waals surface area (Å²) >= 11 is 0. The van der Waals surface area contributed by atoms with Crippen LogP contribution < -0.4 is 5.32 Å². The molecule has 1 heterocycles. The number of nitrogens with one attached hydrogen (secondary N) is 1. The third-order valence-corrected chi connectivity index (χ3v) is 2.21. The number of halogens is 1. The average molecular weight is 220 g/mol. The second kappa shape index (κ2) is 4.85. The first kappa shape index (κ1) is 10.8. The summed E-state index contributed by atoms with van der Waals surface area (Å²) in [5.41, 5.74) is 0.614. The van der Waals surface area contributed by atoms with Crippen LogP contribution in [0.2, 0.25) is 0 Å². The molecule has 4 nitrogen and oxygen atoms in total. The summed E-state index contributed by atoms with van der Waals surface area (Å²) in [6.07, 6.45) is 1.61. The Bertz CT molecular complexity index is 467. The van der Waals surface area contributed by atoms with Crippen molar-refractivity contribution in [2.75, 3.05) is 7.05 Å². The first-order chi connectivity index (χ1) is 7.79. The molecule has 0 aliphatic carbocycles. The largest absolute Gasteiger partial charge is 0.313 e.